The van der Waals surface area contributed by atoms with Gasteiger partial charge in [0.1, 0.15) is 0 Å². The van der Waals surface area contributed by atoms with E-state index in [2.05, 4.69) is 15.6 Å². The van der Waals surface area contributed by atoms with E-state index in [1.54, 1.807) is 0 Å². The SMILES string of the molecule is O=C(COC(=O)c1cccc[n+]1[O-])NNC(=O)c1ccc(Cl)cc1. The number of rotatable bonds is 4. The van der Waals surface area contributed by atoms with E-state index in [0.29, 0.717) is 9.75 Å². The molecule has 0 radical (unpaired) electrons. The number of aromatic nitrogens is 1. The fourth-order valence-electron chi connectivity index (χ4n) is 1.63. The number of hydrazine groups is 1. The number of hydrogen-bond donors (Lipinski definition) is 2. The maximum absolute atomic E-state index is 11.7. The molecule has 8 nitrogen and oxygen atoms in total. The minimum Gasteiger partial charge on any atom is -0.618 e. The topological polar surface area (TPSA) is 111 Å². The normalized spacial score (nSPS) is 9.88. The zero-order valence-corrected chi connectivity index (χ0v) is 12.9. The van der Waals surface area contributed by atoms with Crippen molar-refractivity contribution in [2.24, 2.45) is 0 Å². The van der Waals surface area contributed by atoms with Crippen molar-refractivity contribution < 1.29 is 23.9 Å². The highest BCUT2D eigenvalue weighted by Gasteiger charge is 2.18. The first-order valence-corrected chi connectivity index (χ1v) is 7.05. The summed E-state index contributed by atoms with van der Waals surface area (Å²) in [4.78, 5) is 34.9. The van der Waals surface area contributed by atoms with Crippen LogP contribution < -0.4 is 15.6 Å². The Morgan fingerprint density at radius 2 is 1.79 bits per heavy atom. The molecule has 0 atom stereocenters. The summed E-state index contributed by atoms with van der Waals surface area (Å²) in [5.41, 5.74) is 4.27. The number of nitrogens with one attached hydrogen (secondary N) is 2. The molecule has 0 unspecified atom stereocenters. The van der Waals surface area contributed by atoms with Crippen molar-refractivity contribution in [3.05, 3.63) is 70.1 Å². The summed E-state index contributed by atoms with van der Waals surface area (Å²) in [6, 6.07) is 10.2. The standard InChI is InChI=1S/C15H12ClN3O5/c16-11-6-4-10(5-7-11)14(21)18-17-13(20)9-24-15(22)12-3-1-2-8-19(12)23/h1-8H,9H2,(H,17,20)(H,18,21). The van der Waals surface area contributed by atoms with Crippen LogP contribution in [-0.2, 0) is 9.53 Å². The number of amides is 2. The Bertz CT molecular complexity index is 764. The van der Waals surface area contributed by atoms with Crippen LogP contribution in [0.4, 0.5) is 0 Å². The van der Waals surface area contributed by atoms with E-state index in [1.165, 1.54) is 42.5 Å². The van der Waals surface area contributed by atoms with Gasteiger partial charge in [0.2, 0.25) is 0 Å². The summed E-state index contributed by atoms with van der Waals surface area (Å²) in [7, 11) is 0. The number of carbonyl (C=O) groups excluding carboxylic acids is 3. The summed E-state index contributed by atoms with van der Waals surface area (Å²) < 4.78 is 5.01. The predicted octanol–water partition coefficient (Wildman–Crippen LogP) is 0.591. The van der Waals surface area contributed by atoms with Gasteiger partial charge < -0.3 is 9.94 Å². The Morgan fingerprint density at radius 1 is 1.08 bits per heavy atom. The van der Waals surface area contributed by atoms with Gasteiger partial charge in [-0.05, 0) is 30.3 Å². The summed E-state index contributed by atoms with van der Waals surface area (Å²) in [5.74, 6) is -2.28. The summed E-state index contributed by atoms with van der Waals surface area (Å²) in [6.07, 6.45) is 1.13. The van der Waals surface area contributed by atoms with E-state index in [0.717, 1.165) is 6.20 Å². The van der Waals surface area contributed by atoms with Crippen LogP contribution in [0.2, 0.25) is 5.02 Å². The summed E-state index contributed by atoms with van der Waals surface area (Å²) >= 11 is 5.70. The van der Waals surface area contributed by atoms with Crippen molar-refractivity contribution >= 4 is 29.4 Å². The lowest BCUT2D eigenvalue weighted by atomic mass is 10.2. The van der Waals surface area contributed by atoms with E-state index < -0.39 is 24.4 Å². The number of ether oxygens (including phenoxy) is 1. The van der Waals surface area contributed by atoms with E-state index >= 15 is 0 Å². The third kappa shape index (κ3) is 4.68. The monoisotopic (exact) mass is 349 g/mol. The zero-order chi connectivity index (χ0) is 17.5. The molecule has 2 aromatic rings. The molecule has 124 valence electrons. The second kappa shape index (κ2) is 7.93. The average Bonchev–Trinajstić information content (AvgIpc) is 2.58. The van der Waals surface area contributed by atoms with Crippen LogP contribution in [-0.4, -0.2) is 24.4 Å². The van der Waals surface area contributed by atoms with Gasteiger partial charge in [-0.15, -0.1) is 0 Å². The Morgan fingerprint density at radius 3 is 2.46 bits per heavy atom. The van der Waals surface area contributed by atoms with E-state index in [4.69, 9.17) is 11.6 Å². The Balaban J connectivity index is 1.79. The fraction of sp³-hybridized carbons (Fsp3) is 0.0667. The Labute approximate surface area is 141 Å². The van der Waals surface area contributed by atoms with Crippen LogP contribution in [0.5, 0.6) is 0 Å². The molecule has 1 aromatic heterocycles. The highest BCUT2D eigenvalue weighted by atomic mass is 35.5. The van der Waals surface area contributed by atoms with Crippen LogP contribution in [0.25, 0.3) is 0 Å². The van der Waals surface area contributed by atoms with Gasteiger partial charge in [0, 0.05) is 22.7 Å². The Hall–Kier alpha value is -3.13. The quantitative estimate of drug-likeness (QED) is 0.363. The third-order valence-corrected chi connectivity index (χ3v) is 3.04. The second-order valence-electron chi connectivity index (χ2n) is 4.50. The lowest BCUT2D eigenvalue weighted by Crippen LogP contribution is -2.44. The summed E-state index contributed by atoms with van der Waals surface area (Å²) in [5, 5.41) is 11.8. The largest absolute Gasteiger partial charge is 0.618 e. The molecule has 0 aliphatic heterocycles. The van der Waals surface area contributed by atoms with E-state index in [-0.39, 0.29) is 11.3 Å². The number of benzene rings is 1. The van der Waals surface area contributed by atoms with Crippen LogP contribution in [0.15, 0.2) is 48.7 Å². The molecular weight excluding hydrogens is 338 g/mol. The molecule has 1 aromatic carbocycles. The maximum atomic E-state index is 11.7. The molecule has 2 N–H and O–H groups in total. The molecule has 0 bridgehead atoms. The lowest BCUT2D eigenvalue weighted by Gasteiger charge is -2.08. The molecule has 0 saturated heterocycles. The van der Waals surface area contributed by atoms with Crippen molar-refractivity contribution in [2.45, 2.75) is 0 Å². The van der Waals surface area contributed by atoms with Gasteiger partial charge in [-0.1, -0.05) is 11.6 Å². The van der Waals surface area contributed by atoms with Gasteiger partial charge in [0.25, 0.3) is 11.8 Å². The molecule has 9 heteroatoms. The molecule has 0 aliphatic rings. The number of halogens is 1. The molecular formula is C15H12ClN3O5. The summed E-state index contributed by atoms with van der Waals surface area (Å²) in [6.45, 7) is -0.658. The first-order chi connectivity index (χ1) is 11.5. The number of esters is 1. The van der Waals surface area contributed by atoms with Crippen LogP contribution in [0, 0.1) is 5.21 Å². The van der Waals surface area contributed by atoms with Crippen LogP contribution in [0.3, 0.4) is 0 Å². The first-order valence-electron chi connectivity index (χ1n) is 6.67. The van der Waals surface area contributed by atoms with Gasteiger partial charge in [-0.3, -0.25) is 20.4 Å². The van der Waals surface area contributed by atoms with Gasteiger partial charge in [-0.2, -0.15) is 4.73 Å². The van der Waals surface area contributed by atoms with Crippen molar-refractivity contribution in [3.63, 3.8) is 0 Å². The van der Waals surface area contributed by atoms with Crippen molar-refractivity contribution in [3.8, 4) is 0 Å². The van der Waals surface area contributed by atoms with Gasteiger partial charge in [0.05, 0.1) is 0 Å². The number of pyridine rings is 1. The van der Waals surface area contributed by atoms with E-state index in [1.807, 2.05) is 0 Å². The van der Waals surface area contributed by atoms with Gasteiger partial charge in [0.15, 0.2) is 12.8 Å². The number of hydrogen-bond acceptors (Lipinski definition) is 5. The third-order valence-electron chi connectivity index (χ3n) is 2.79. The Kier molecular flexibility index (Phi) is 5.69. The zero-order valence-electron chi connectivity index (χ0n) is 12.2. The molecule has 0 fully saturated rings. The average molecular weight is 350 g/mol. The van der Waals surface area contributed by atoms with Crippen molar-refractivity contribution in [1.82, 2.24) is 10.9 Å². The smallest absolute Gasteiger partial charge is 0.405 e. The minimum absolute atomic E-state index is 0.254. The number of carbonyl (C=O) groups is 3. The molecule has 1 heterocycles. The molecule has 0 saturated carbocycles. The van der Waals surface area contributed by atoms with Crippen molar-refractivity contribution in [2.75, 3.05) is 6.61 Å². The molecule has 0 spiro atoms. The van der Waals surface area contributed by atoms with Crippen LogP contribution >= 0.6 is 11.6 Å². The molecule has 2 rings (SSSR count). The van der Waals surface area contributed by atoms with E-state index in [9.17, 15) is 19.6 Å². The van der Waals surface area contributed by atoms with Gasteiger partial charge in [-0.25, -0.2) is 4.79 Å². The predicted molar refractivity (Wildman–Crippen MR) is 82.7 cm³/mol. The first kappa shape index (κ1) is 17.2. The number of nitrogens with zero attached hydrogens (tertiary/aromatic N) is 1. The second-order valence-corrected chi connectivity index (χ2v) is 4.93. The van der Waals surface area contributed by atoms with Crippen molar-refractivity contribution in [1.29, 1.82) is 0 Å². The fourth-order valence-corrected chi connectivity index (χ4v) is 1.75. The highest BCUT2D eigenvalue weighted by molar-refractivity contribution is 6.30. The molecule has 2 amide bonds. The highest BCUT2D eigenvalue weighted by Crippen LogP contribution is 2.08. The minimum atomic E-state index is -0.954. The lowest BCUT2D eigenvalue weighted by molar-refractivity contribution is -0.608. The molecule has 24 heavy (non-hydrogen) atoms. The maximum Gasteiger partial charge on any atom is 0.405 e. The van der Waals surface area contributed by atoms with Gasteiger partial charge >= 0.3 is 11.7 Å². The molecule has 0 aliphatic carbocycles. The van der Waals surface area contributed by atoms with Crippen LogP contribution in [0.1, 0.15) is 20.8 Å².